The Bertz CT molecular complexity index is 1610. The van der Waals surface area contributed by atoms with Gasteiger partial charge in [-0.1, -0.05) is 59.8 Å². The van der Waals surface area contributed by atoms with Crippen molar-refractivity contribution in [2.75, 3.05) is 26.7 Å². The van der Waals surface area contributed by atoms with Crippen molar-refractivity contribution in [3.8, 4) is 0 Å². The van der Waals surface area contributed by atoms with Gasteiger partial charge in [0.25, 0.3) is 0 Å². The second-order valence-electron chi connectivity index (χ2n) is 12.2. The van der Waals surface area contributed by atoms with Crippen LogP contribution in [-0.4, -0.2) is 94.8 Å². The zero-order chi connectivity index (χ0) is 31.2. The minimum Gasteiger partial charge on any atom is -0.394 e. The molecule has 3 aliphatic heterocycles. The third kappa shape index (κ3) is 4.56. The molecule has 230 valence electrons. The van der Waals surface area contributed by atoms with Crippen LogP contribution in [0.5, 0.6) is 0 Å². The van der Waals surface area contributed by atoms with Gasteiger partial charge in [-0.15, -0.1) is 30.0 Å². The molecule has 6 atom stereocenters. The van der Waals surface area contributed by atoms with E-state index in [4.69, 9.17) is 0 Å². The molecular formula is C33H38N6O4S. The van der Waals surface area contributed by atoms with E-state index < -0.39 is 33.4 Å². The topological polar surface area (TPSA) is 112 Å². The molecule has 4 heterocycles. The van der Waals surface area contributed by atoms with Gasteiger partial charge in [0, 0.05) is 24.9 Å². The number of aromatic nitrogens is 3. The van der Waals surface area contributed by atoms with Crippen LogP contribution in [0, 0.1) is 11.8 Å². The third-order valence-corrected chi connectivity index (χ3v) is 11.6. The number of nitrogens with zero attached hydrogens (tertiary/aromatic N) is 6. The number of para-hydroxylation sites is 1. The van der Waals surface area contributed by atoms with Gasteiger partial charge in [-0.3, -0.25) is 14.4 Å². The number of amides is 3. The lowest BCUT2D eigenvalue weighted by Crippen LogP contribution is -2.56. The first-order valence-corrected chi connectivity index (χ1v) is 15.7. The summed E-state index contributed by atoms with van der Waals surface area (Å²) >= 11 is 1.61. The second-order valence-corrected chi connectivity index (χ2v) is 14.1. The molecular weight excluding hydrogens is 576 g/mol. The number of carbonyl (C=O) groups excluding carboxylic acids is 3. The van der Waals surface area contributed by atoms with E-state index in [9.17, 15) is 19.5 Å². The summed E-state index contributed by atoms with van der Waals surface area (Å²) in [5.41, 5.74) is 2.22. The Morgan fingerprint density at radius 1 is 1.09 bits per heavy atom. The highest BCUT2D eigenvalue weighted by molar-refractivity contribution is 8.02. The van der Waals surface area contributed by atoms with E-state index in [2.05, 4.69) is 30.4 Å². The number of rotatable bonds is 11. The summed E-state index contributed by atoms with van der Waals surface area (Å²) < 4.78 is 0.319. The summed E-state index contributed by atoms with van der Waals surface area (Å²) in [4.78, 5) is 48.6. The third-order valence-electron chi connectivity index (χ3n) is 9.57. The summed E-state index contributed by atoms with van der Waals surface area (Å²) in [6.45, 7) is 10.1. The van der Waals surface area contributed by atoms with Crippen LogP contribution in [0.25, 0.3) is 11.0 Å². The quantitative estimate of drug-likeness (QED) is 0.330. The Morgan fingerprint density at radius 3 is 2.50 bits per heavy atom. The van der Waals surface area contributed by atoms with Crippen molar-refractivity contribution in [2.24, 2.45) is 11.8 Å². The molecule has 0 radical (unpaired) electrons. The zero-order valence-corrected chi connectivity index (χ0v) is 25.9. The molecule has 6 rings (SSSR count). The van der Waals surface area contributed by atoms with Crippen LogP contribution in [-0.2, 0) is 21.1 Å². The number of likely N-dealkylation sites (tertiary alicyclic amines) is 1. The van der Waals surface area contributed by atoms with Gasteiger partial charge in [0.05, 0.1) is 34.7 Å². The molecule has 3 aromatic rings. The Morgan fingerprint density at radius 2 is 1.80 bits per heavy atom. The first-order valence-electron chi connectivity index (χ1n) is 14.9. The first kappa shape index (κ1) is 30.1. The minimum absolute atomic E-state index is 0.103. The number of aliphatic hydroxyl groups excluding tert-OH is 1. The maximum atomic E-state index is 15.0. The number of hydrogen-bond acceptors (Lipinski definition) is 7. The van der Waals surface area contributed by atoms with E-state index in [1.54, 1.807) is 50.3 Å². The molecule has 3 saturated heterocycles. The Hall–Kier alpha value is -3.96. The number of aliphatic hydroxyl groups is 1. The van der Waals surface area contributed by atoms with E-state index in [1.165, 1.54) is 0 Å². The van der Waals surface area contributed by atoms with Crippen LogP contribution >= 0.6 is 11.8 Å². The highest BCUT2D eigenvalue weighted by atomic mass is 32.2. The van der Waals surface area contributed by atoms with Gasteiger partial charge in [0.2, 0.25) is 17.7 Å². The van der Waals surface area contributed by atoms with Gasteiger partial charge < -0.3 is 19.8 Å². The van der Waals surface area contributed by atoms with Crippen molar-refractivity contribution in [1.82, 2.24) is 29.7 Å². The predicted octanol–water partition coefficient (Wildman–Crippen LogP) is 3.26. The molecule has 3 aliphatic rings. The van der Waals surface area contributed by atoms with Gasteiger partial charge in [-0.05, 0) is 37.5 Å². The summed E-state index contributed by atoms with van der Waals surface area (Å²) in [5, 5.41) is 19.4. The van der Waals surface area contributed by atoms with Crippen molar-refractivity contribution in [3.63, 3.8) is 0 Å². The number of hydrogen-bond donors (Lipinski definition) is 1. The number of benzene rings is 2. The molecule has 11 heteroatoms. The van der Waals surface area contributed by atoms with Crippen molar-refractivity contribution < 1.29 is 19.5 Å². The van der Waals surface area contributed by atoms with Crippen LogP contribution in [0.3, 0.4) is 0 Å². The number of carbonyl (C=O) groups is 3. The zero-order valence-electron chi connectivity index (χ0n) is 25.1. The fourth-order valence-electron chi connectivity index (χ4n) is 7.64. The maximum absolute atomic E-state index is 15.0. The molecule has 2 aromatic carbocycles. The van der Waals surface area contributed by atoms with Crippen LogP contribution < -0.4 is 0 Å². The number of fused-ring (bicyclic) bond motifs is 2. The van der Waals surface area contributed by atoms with Crippen LogP contribution in [0.4, 0.5) is 0 Å². The van der Waals surface area contributed by atoms with Crippen molar-refractivity contribution in [2.45, 2.75) is 48.0 Å². The van der Waals surface area contributed by atoms with E-state index in [1.807, 2.05) is 54.6 Å². The molecule has 3 amide bonds. The van der Waals surface area contributed by atoms with Crippen molar-refractivity contribution in [1.29, 1.82) is 0 Å². The summed E-state index contributed by atoms with van der Waals surface area (Å²) in [7, 11) is 1.73. The normalized spacial score (nSPS) is 27.8. The first-order chi connectivity index (χ1) is 21.2. The van der Waals surface area contributed by atoms with Gasteiger partial charge in [0.15, 0.2) is 0 Å². The molecule has 3 fully saturated rings. The minimum atomic E-state index is -0.915. The van der Waals surface area contributed by atoms with Crippen molar-refractivity contribution in [3.05, 3.63) is 85.5 Å². The molecule has 10 nitrogen and oxygen atoms in total. The second kappa shape index (κ2) is 11.5. The Kier molecular flexibility index (Phi) is 7.87. The predicted molar refractivity (Wildman–Crippen MR) is 169 cm³/mol. The van der Waals surface area contributed by atoms with Crippen LogP contribution in [0.15, 0.2) is 79.9 Å². The SMILES string of the molecule is C=CCN(C)C(=O)[C@H]1[C@H]2C(=O)N([C@H](CO)c3ccccc3)C(C(=O)N(CC=C)Cn3nnc4ccccc43)C23CC[C@]1(C)S3. The largest absolute Gasteiger partial charge is 0.394 e. The molecule has 0 aliphatic carbocycles. The molecule has 44 heavy (non-hydrogen) atoms. The van der Waals surface area contributed by atoms with E-state index in [-0.39, 0.29) is 37.5 Å². The van der Waals surface area contributed by atoms with Crippen LogP contribution in [0.2, 0.25) is 0 Å². The summed E-state index contributed by atoms with van der Waals surface area (Å²) in [5.74, 6) is -1.97. The lowest BCUT2D eigenvalue weighted by atomic mass is 9.66. The lowest BCUT2D eigenvalue weighted by molar-refractivity contribution is -0.148. The van der Waals surface area contributed by atoms with Crippen molar-refractivity contribution >= 4 is 40.5 Å². The van der Waals surface area contributed by atoms with Gasteiger partial charge in [-0.2, -0.15) is 0 Å². The standard InChI is InChI=1S/C33H38N6O4S/c1-5-18-36(4)29(41)26-27-30(42)39(25(20-40)22-12-8-7-9-13-22)28(33(27)17-16-32(26,3)44-33)31(43)37(19-6-2)21-38-24-15-11-10-14-23(24)34-35-38/h5-15,25-28,40H,1-2,16-21H2,3-4H3/t25-,26-,27+,28?,32+,33?/m1/s1. The molecule has 2 unspecified atom stereocenters. The average molecular weight is 615 g/mol. The monoisotopic (exact) mass is 614 g/mol. The molecule has 1 aromatic heterocycles. The van der Waals surface area contributed by atoms with Gasteiger partial charge >= 0.3 is 0 Å². The smallest absolute Gasteiger partial charge is 0.248 e. The molecule has 0 saturated carbocycles. The lowest BCUT2D eigenvalue weighted by Gasteiger charge is -2.39. The molecule has 2 bridgehead atoms. The molecule has 1 N–H and O–H groups in total. The van der Waals surface area contributed by atoms with E-state index in [0.717, 1.165) is 11.1 Å². The van der Waals surface area contributed by atoms with E-state index in [0.29, 0.717) is 24.9 Å². The highest BCUT2D eigenvalue weighted by Gasteiger charge is 2.78. The molecule has 1 spiro atoms. The average Bonchev–Trinajstić information content (AvgIpc) is 3.73. The number of thioether (sulfide) groups is 1. The fraction of sp³-hybridized carbons (Fsp3) is 0.424. The van der Waals surface area contributed by atoms with Gasteiger partial charge in [0.1, 0.15) is 18.2 Å². The Labute approximate surface area is 261 Å². The summed E-state index contributed by atoms with van der Waals surface area (Å²) in [6, 6.07) is 15.2. The number of likely N-dealkylation sites (N-methyl/N-ethyl adjacent to an activating group) is 1. The van der Waals surface area contributed by atoms with E-state index >= 15 is 0 Å². The van der Waals surface area contributed by atoms with Gasteiger partial charge in [-0.25, -0.2) is 4.68 Å². The Balaban J connectivity index is 1.46. The summed E-state index contributed by atoms with van der Waals surface area (Å²) in [6.07, 6.45) is 4.63. The highest BCUT2D eigenvalue weighted by Crippen LogP contribution is 2.72. The van der Waals surface area contributed by atoms with Crippen LogP contribution in [0.1, 0.15) is 31.4 Å². The maximum Gasteiger partial charge on any atom is 0.248 e. The fourth-order valence-corrected chi connectivity index (χ4v) is 9.97.